The first kappa shape index (κ1) is 34.9. The van der Waals surface area contributed by atoms with Crippen LogP contribution in [0.25, 0.3) is 55.8 Å². The van der Waals surface area contributed by atoms with Gasteiger partial charge in [-0.3, -0.25) is 0 Å². The molecule has 7 aromatic carbocycles. The smallest absolute Gasteiger partial charge is 0.207 e. The van der Waals surface area contributed by atoms with E-state index in [1.165, 1.54) is 0 Å². The molecule has 58 heavy (non-hydrogen) atoms. The van der Waals surface area contributed by atoms with Crippen LogP contribution in [0.2, 0.25) is 0 Å². The summed E-state index contributed by atoms with van der Waals surface area (Å²) in [6.45, 7) is 8.24. The summed E-state index contributed by atoms with van der Waals surface area (Å²) in [5, 5.41) is 0. The van der Waals surface area contributed by atoms with Crippen LogP contribution in [-0.4, -0.2) is 26.0 Å². The van der Waals surface area contributed by atoms with E-state index < -0.39 is 30.5 Å². The monoisotopic (exact) mass is 800 g/mol. The zero-order valence-corrected chi connectivity index (χ0v) is 33.6. The number of sulfone groups is 2. The van der Waals surface area contributed by atoms with Crippen LogP contribution >= 0.6 is 0 Å². The van der Waals surface area contributed by atoms with E-state index in [-0.39, 0.29) is 9.79 Å². The first-order chi connectivity index (χ1) is 27.8. The van der Waals surface area contributed by atoms with E-state index in [2.05, 4.69) is 27.7 Å². The Morgan fingerprint density at radius 2 is 0.741 bits per heavy atom. The average molecular weight is 801 g/mol. The Balaban J connectivity index is 1.19. The zero-order valence-electron chi connectivity index (χ0n) is 32.0. The van der Waals surface area contributed by atoms with Gasteiger partial charge in [0.25, 0.3) is 0 Å². The molecule has 0 unspecified atom stereocenters. The Kier molecular flexibility index (Phi) is 6.98. The van der Waals surface area contributed by atoms with Crippen LogP contribution in [0.4, 0.5) is 0 Å². The Morgan fingerprint density at radius 1 is 0.379 bits per heavy atom. The van der Waals surface area contributed by atoms with E-state index in [0.717, 1.165) is 33.3 Å². The van der Waals surface area contributed by atoms with E-state index in [1.807, 2.05) is 118 Å². The summed E-state index contributed by atoms with van der Waals surface area (Å²) in [7, 11) is -7.69. The van der Waals surface area contributed by atoms with Crippen molar-refractivity contribution in [1.82, 2.24) is 9.13 Å². The second-order valence-electron chi connectivity index (χ2n) is 16.2. The molecular formula is C48H36N2O6S2. The molecular weight excluding hydrogens is 765 g/mol. The lowest BCUT2D eigenvalue weighted by molar-refractivity contribution is 0.555. The lowest BCUT2D eigenvalue weighted by Crippen LogP contribution is -2.29. The minimum Gasteiger partial charge on any atom is -0.453 e. The quantitative estimate of drug-likeness (QED) is 0.161. The number of hydrogen-bond donors (Lipinski definition) is 0. The van der Waals surface area contributed by atoms with Crippen molar-refractivity contribution in [3.8, 4) is 11.4 Å². The molecule has 2 aliphatic heterocycles. The number of benzene rings is 7. The zero-order chi connectivity index (χ0) is 39.9. The molecule has 0 amide bonds. The van der Waals surface area contributed by atoms with Gasteiger partial charge in [0.2, 0.25) is 19.7 Å². The van der Waals surface area contributed by atoms with Gasteiger partial charge in [0, 0.05) is 34.3 Å². The van der Waals surface area contributed by atoms with Crippen LogP contribution in [0.3, 0.4) is 0 Å². The molecule has 0 saturated heterocycles. The van der Waals surface area contributed by atoms with Gasteiger partial charge in [0.15, 0.2) is 22.3 Å². The fraction of sp³-hybridized carbons (Fsp3) is 0.125. The van der Waals surface area contributed by atoms with Gasteiger partial charge in [-0.1, -0.05) is 100 Å². The molecule has 0 saturated carbocycles. The molecule has 2 aromatic heterocycles. The molecule has 9 aromatic rings. The molecule has 10 heteroatoms. The topological polar surface area (TPSA) is 104 Å². The minimum atomic E-state index is -3.85. The average Bonchev–Trinajstić information content (AvgIpc) is 3.23. The lowest BCUT2D eigenvalue weighted by Gasteiger charge is -2.35. The maximum atomic E-state index is 14.3. The number of nitrogens with zero attached hydrogens (tertiary/aromatic N) is 2. The van der Waals surface area contributed by atoms with Crippen molar-refractivity contribution in [2.24, 2.45) is 0 Å². The van der Waals surface area contributed by atoms with Crippen molar-refractivity contribution < 1.29 is 25.7 Å². The van der Waals surface area contributed by atoms with Gasteiger partial charge in [-0.15, -0.1) is 0 Å². The summed E-state index contributed by atoms with van der Waals surface area (Å²) in [5.74, 6) is 0. The molecule has 11 rings (SSSR count). The highest BCUT2D eigenvalue weighted by Crippen LogP contribution is 2.48. The number of fused-ring (bicyclic) bond motifs is 8. The van der Waals surface area contributed by atoms with Crippen molar-refractivity contribution in [3.05, 3.63) is 168 Å². The SMILES string of the molecule is CC1(C)c2ccccc2S(=O)(=O)c2cc(-n3c4ccccc4oc4cc5c(cc43)oc3ccccc3n5-c3ccc4c(c3)S(=O)(=O)c3ccccc3C4(C)C)ccc21. The lowest BCUT2D eigenvalue weighted by atomic mass is 9.77. The third-order valence-electron chi connectivity index (χ3n) is 12.2. The highest BCUT2D eigenvalue weighted by atomic mass is 32.2. The number of para-hydroxylation sites is 4. The van der Waals surface area contributed by atoms with E-state index in [4.69, 9.17) is 8.83 Å². The molecule has 0 aliphatic carbocycles. The molecule has 0 spiro atoms. The van der Waals surface area contributed by atoms with Crippen LogP contribution in [0, 0.1) is 0 Å². The summed E-state index contributed by atoms with van der Waals surface area (Å²) >= 11 is 0. The summed E-state index contributed by atoms with van der Waals surface area (Å²) in [5.41, 5.74) is 8.18. The van der Waals surface area contributed by atoms with E-state index in [9.17, 15) is 16.8 Å². The van der Waals surface area contributed by atoms with Gasteiger partial charge in [0.1, 0.15) is 0 Å². The van der Waals surface area contributed by atoms with Crippen molar-refractivity contribution >= 4 is 64.1 Å². The van der Waals surface area contributed by atoms with Gasteiger partial charge in [-0.25, -0.2) is 16.8 Å². The highest BCUT2D eigenvalue weighted by Gasteiger charge is 2.42. The number of rotatable bonds is 2. The van der Waals surface area contributed by atoms with Crippen molar-refractivity contribution in [3.63, 3.8) is 0 Å². The maximum absolute atomic E-state index is 14.3. The Hall–Kier alpha value is -6.36. The molecule has 0 radical (unpaired) electrons. The van der Waals surface area contributed by atoms with Crippen LogP contribution in [-0.2, 0) is 30.5 Å². The molecule has 0 fully saturated rings. The van der Waals surface area contributed by atoms with Gasteiger partial charge in [0.05, 0.1) is 41.6 Å². The first-order valence-electron chi connectivity index (χ1n) is 19.1. The number of aromatic nitrogens is 2. The third kappa shape index (κ3) is 4.61. The molecule has 2 aliphatic rings. The fourth-order valence-electron chi connectivity index (χ4n) is 9.30. The van der Waals surface area contributed by atoms with Crippen LogP contribution < -0.4 is 0 Å². The van der Waals surface area contributed by atoms with Crippen LogP contribution in [0.5, 0.6) is 0 Å². The second kappa shape index (κ2) is 11.6. The van der Waals surface area contributed by atoms with Crippen molar-refractivity contribution in [2.75, 3.05) is 0 Å². The summed E-state index contributed by atoms with van der Waals surface area (Å²) in [6, 6.07) is 44.9. The molecule has 286 valence electrons. The van der Waals surface area contributed by atoms with E-state index >= 15 is 0 Å². The maximum Gasteiger partial charge on any atom is 0.207 e. The van der Waals surface area contributed by atoms with Crippen molar-refractivity contribution in [1.29, 1.82) is 0 Å². The van der Waals surface area contributed by atoms with Crippen molar-refractivity contribution in [2.45, 2.75) is 58.1 Å². The molecule has 4 heterocycles. The second-order valence-corrected chi connectivity index (χ2v) is 20.0. The Labute approximate surface area is 334 Å². The standard InChI is InChI=1S/C48H36N2O6S2/c1-47(2)31-13-5-11-19-43(31)57(51,52)45-25-29(21-23-33(45)47)49-35-15-7-9-17-39(35)55-41-28-38-42(27-37(41)49)56-40-18-10-8-16-36(40)50(38)30-22-24-34-46(26-30)58(53,54)44-20-12-6-14-32(44)48(34,3)4/h5-28H,1-4H3. The molecule has 0 N–H and O–H groups in total. The third-order valence-corrected chi connectivity index (χ3v) is 16.0. The van der Waals surface area contributed by atoms with E-state index in [0.29, 0.717) is 54.5 Å². The van der Waals surface area contributed by atoms with Gasteiger partial charge < -0.3 is 18.0 Å². The van der Waals surface area contributed by atoms with E-state index in [1.54, 1.807) is 36.4 Å². The fourth-order valence-corrected chi connectivity index (χ4v) is 13.3. The van der Waals surface area contributed by atoms with Gasteiger partial charge >= 0.3 is 0 Å². The normalized spacial score (nSPS) is 16.8. The Bertz CT molecular complexity index is 3320. The van der Waals surface area contributed by atoms with Crippen LogP contribution in [0.15, 0.2) is 174 Å². The predicted molar refractivity (Wildman–Crippen MR) is 225 cm³/mol. The molecule has 8 nitrogen and oxygen atoms in total. The van der Waals surface area contributed by atoms with Gasteiger partial charge in [-0.05, 0) is 82.9 Å². The highest BCUT2D eigenvalue weighted by molar-refractivity contribution is 7.92. The summed E-state index contributed by atoms with van der Waals surface area (Å²) < 4.78 is 74.6. The number of hydrogen-bond acceptors (Lipinski definition) is 6. The molecule has 0 bridgehead atoms. The summed E-state index contributed by atoms with van der Waals surface area (Å²) in [4.78, 5) is 1.16. The predicted octanol–water partition coefficient (Wildman–Crippen LogP) is 11.1. The molecule has 0 atom stereocenters. The first-order valence-corrected chi connectivity index (χ1v) is 22.0. The van der Waals surface area contributed by atoms with Gasteiger partial charge in [-0.2, -0.15) is 0 Å². The van der Waals surface area contributed by atoms with Crippen LogP contribution in [0.1, 0.15) is 49.9 Å². The largest absolute Gasteiger partial charge is 0.453 e. The Morgan fingerprint density at radius 3 is 1.17 bits per heavy atom. The summed E-state index contributed by atoms with van der Waals surface area (Å²) in [6.07, 6.45) is 0. The minimum absolute atomic E-state index is 0.265.